The summed E-state index contributed by atoms with van der Waals surface area (Å²) >= 11 is 0. The number of fused-ring (bicyclic) bond motifs is 4. The van der Waals surface area contributed by atoms with E-state index >= 15 is 0 Å². The monoisotopic (exact) mass is 1160 g/mol. The van der Waals surface area contributed by atoms with Gasteiger partial charge in [-0.05, 0) is 155 Å². The molecule has 4 aromatic carbocycles. The van der Waals surface area contributed by atoms with Crippen molar-refractivity contribution >= 4 is 62.1 Å². The van der Waals surface area contributed by atoms with Gasteiger partial charge in [-0.2, -0.15) is 0 Å². The number of amides is 3. The minimum Gasteiger partial charge on any atom is -0.541 e. The van der Waals surface area contributed by atoms with Gasteiger partial charge in [0, 0.05) is 62.4 Å². The molecule has 4 heterocycles. The van der Waals surface area contributed by atoms with E-state index in [1.807, 2.05) is 51.9 Å². The zero-order valence-electron chi connectivity index (χ0n) is 51.7. The molecule has 0 fully saturated rings. The first kappa shape index (κ1) is 63.1. The Bertz CT molecular complexity index is 3310. The summed E-state index contributed by atoms with van der Waals surface area (Å²) in [5.41, 5.74) is 10.6. The number of carboxylic acid groups (broad SMARTS) is 1. The highest BCUT2D eigenvalue weighted by Gasteiger charge is 2.50. The second kappa shape index (κ2) is 25.1. The predicted octanol–water partition coefficient (Wildman–Crippen LogP) is 15.0. The van der Waals surface area contributed by atoms with Crippen LogP contribution in [-0.2, 0) is 48.4 Å². The molecule has 2 aliphatic rings. The minimum atomic E-state index is -2.48. The van der Waals surface area contributed by atoms with E-state index in [2.05, 4.69) is 89.2 Å². The Morgan fingerprint density at radius 2 is 0.878 bits per heavy atom. The van der Waals surface area contributed by atoms with Gasteiger partial charge in [-0.15, -0.1) is 0 Å². The Morgan fingerprint density at radius 1 is 0.549 bits per heavy atom. The van der Waals surface area contributed by atoms with E-state index in [1.54, 1.807) is 47.3 Å². The van der Waals surface area contributed by atoms with Crippen molar-refractivity contribution in [3.63, 3.8) is 0 Å². The van der Waals surface area contributed by atoms with Gasteiger partial charge in [-0.3, -0.25) is 29.1 Å². The van der Waals surface area contributed by atoms with Crippen LogP contribution in [0.4, 0.5) is 8.78 Å². The third-order valence-corrected chi connectivity index (χ3v) is 29.3. The molecule has 6 aromatic rings. The van der Waals surface area contributed by atoms with Gasteiger partial charge >= 0.3 is 5.97 Å². The molecule has 2 aliphatic heterocycles. The largest absolute Gasteiger partial charge is 0.541 e. The average Bonchev–Trinajstić information content (AvgIpc) is 3.99. The van der Waals surface area contributed by atoms with Gasteiger partial charge in [0.2, 0.25) is 5.91 Å². The summed E-state index contributed by atoms with van der Waals surface area (Å²) in [6, 6.07) is 17.0. The minimum absolute atomic E-state index is 0.0216. The van der Waals surface area contributed by atoms with Crippen molar-refractivity contribution in [3.8, 4) is 11.5 Å². The van der Waals surface area contributed by atoms with Gasteiger partial charge < -0.3 is 28.7 Å². The number of benzene rings is 4. The van der Waals surface area contributed by atoms with E-state index in [9.17, 15) is 33.1 Å². The predicted molar refractivity (Wildman–Crippen MR) is 329 cm³/mol. The molecule has 16 heteroatoms. The van der Waals surface area contributed by atoms with Crippen LogP contribution in [0.3, 0.4) is 0 Å². The van der Waals surface area contributed by atoms with E-state index in [0.717, 1.165) is 38.8 Å². The summed E-state index contributed by atoms with van der Waals surface area (Å²) in [7, 11) is -1.41. The van der Waals surface area contributed by atoms with Crippen molar-refractivity contribution in [1.29, 1.82) is 0 Å². The Balaban J connectivity index is 0.000000239. The van der Waals surface area contributed by atoms with Crippen molar-refractivity contribution < 1.29 is 41.9 Å². The van der Waals surface area contributed by atoms with Crippen LogP contribution in [0.1, 0.15) is 176 Å². The Morgan fingerprint density at radius 3 is 1.18 bits per heavy atom. The van der Waals surface area contributed by atoms with E-state index in [4.69, 9.17) is 18.8 Å². The highest BCUT2D eigenvalue weighted by atomic mass is 28.4. The number of carbonyl (C=O) groups is 4. The number of aliphatic carboxylic acids is 1. The molecular weight excluding hydrogens is 1070 g/mol. The summed E-state index contributed by atoms with van der Waals surface area (Å²) in [5.74, 6) is -0.711. The highest BCUT2D eigenvalue weighted by molar-refractivity contribution is 6.79. The summed E-state index contributed by atoms with van der Waals surface area (Å²) in [5, 5.41) is 11.4. The first-order valence-corrected chi connectivity index (χ1v) is 33.6. The van der Waals surface area contributed by atoms with Gasteiger partial charge in [0.15, 0.2) is 0 Å². The second-order valence-electron chi connectivity index (χ2n) is 25.3. The maximum atomic E-state index is 13.9. The smallest absolute Gasteiger partial charge is 0.307 e. The van der Waals surface area contributed by atoms with Crippen LogP contribution >= 0.6 is 0 Å². The molecule has 0 radical (unpaired) electrons. The molecule has 3 amide bonds. The van der Waals surface area contributed by atoms with Crippen LogP contribution in [0.25, 0.3) is 21.8 Å². The third-order valence-electron chi connectivity index (χ3n) is 17.3. The molecular formula is C66H87F2N5O7Si2. The number of carboxylic acids is 1. The van der Waals surface area contributed by atoms with E-state index < -0.39 is 22.6 Å². The van der Waals surface area contributed by atoms with Gasteiger partial charge in [0.05, 0.1) is 24.0 Å². The summed E-state index contributed by atoms with van der Waals surface area (Å²) in [6.45, 7) is 35.4. The number of nitrogens with zero attached hydrogens (tertiary/aromatic N) is 5. The van der Waals surface area contributed by atoms with E-state index in [0.29, 0.717) is 92.7 Å². The summed E-state index contributed by atoms with van der Waals surface area (Å²) < 4.78 is 41.5. The zero-order chi connectivity index (χ0) is 60.6. The fourth-order valence-corrected chi connectivity index (χ4v) is 24.4. The third kappa shape index (κ3) is 12.3. The maximum absolute atomic E-state index is 13.9. The molecule has 1 N–H and O–H groups in total. The van der Waals surface area contributed by atoms with Crippen molar-refractivity contribution in [2.75, 3.05) is 14.1 Å². The lowest BCUT2D eigenvalue weighted by atomic mass is 9.92. The number of hydrogen-bond acceptors (Lipinski definition) is 8. The Kier molecular flexibility index (Phi) is 19.3. The van der Waals surface area contributed by atoms with Gasteiger partial charge in [-0.25, -0.2) is 8.78 Å². The van der Waals surface area contributed by atoms with E-state index in [1.165, 1.54) is 24.3 Å². The number of pyridine rings is 2. The number of aromatic nitrogens is 2. The van der Waals surface area contributed by atoms with Gasteiger partial charge in [0.25, 0.3) is 28.4 Å². The molecule has 0 atom stereocenters. The van der Waals surface area contributed by atoms with Gasteiger partial charge in [-0.1, -0.05) is 107 Å². The Labute approximate surface area is 487 Å². The number of rotatable bonds is 20. The van der Waals surface area contributed by atoms with Crippen molar-refractivity contribution in [3.05, 3.63) is 140 Å². The molecule has 440 valence electrons. The van der Waals surface area contributed by atoms with Crippen molar-refractivity contribution in [2.45, 2.75) is 195 Å². The van der Waals surface area contributed by atoms with Crippen LogP contribution in [-0.4, -0.2) is 96.3 Å². The number of halogens is 2. The van der Waals surface area contributed by atoms with Crippen LogP contribution < -0.4 is 8.85 Å². The average molecular weight is 1160 g/mol. The lowest BCUT2D eigenvalue weighted by molar-refractivity contribution is -0.136. The lowest BCUT2D eigenvalue weighted by Gasteiger charge is -2.42. The highest BCUT2D eigenvalue weighted by Crippen LogP contribution is 2.50. The zero-order valence-corrected chi connectivity index (χ0v) is 53.7. The van der Waals surface area contributed by atoms with Crippen LogP contribution in [0.5, 0.6) is 11.5 Å². The molecule has 82 heavy (non-hydrogen) atoms. The molecule has 0 saturated carbocycles. The lowest BCUT2D eigenvalue weighted by Crippen LogP contribution is -2.51. The molecule has 8 rings (SSSR count). The fraction of sp³-hybridized carbons (Fsp3) is 0.485. The van der Waals surface area contributed by atoms with Crippen LogP contribution in [0.15, 0.2) is 73.1 Å². The van der Waals surface area contributed by atoms with Crippen LogP contribution in [0, 0.1) is 11.6 Å². The first-order valence-electron chi connectivity index (χ1n) is 29.3. The number of carbonyl (C=O) groups excluding carboxylic acids is 3. The van der Waals surface area contributed by atoms with Crippen LogP contribution in [0.2, 0.25) is 33.2 Å². The molecule has 2 aromatic heterocycles. The quantitative estimate of drug-likeness (QED) is 0.0739. The fourth-order valence-electron chi connectivity index (χ4n) is 13.9. The first-order chi connectivity index (χ1) is 38.5. The number of hydrogen-bond donors (Lipinski definition) is 1. The maximum Gasteiger partial charge on any atom is 0.307 e. The molecule has 12 nitrogen and oxygen atoms in total. The second-order valence-corrected chi connectivity index (χ2v) is 36.1. The summed E-state index contributed by atoms with van der Waals surface area (Å²) in [4.78, 5) is 68.4. The normalized spacial score (nSPS) is 13.8. The standard InChI is InChI=1S/C36H50FN3O3Si.C30H37FN2O4Si/c1-21(2)40(22(3)4)32(41)18-29-30-17-27(16-26-12-14-28(37)15-13-26)19-38-34(30)35(33-31(29)20-39(11)36(33)42)43-44(23(5)6,24(7)8)25(9)10;1-17(2)38(18(3)4,19(5)6)37-29-27-25(16-33(7)30(27)36)23(14-26(34)35)24-13-21(15-32-28(24)29)12-20-8-10-22(31)11-9-20/h12-15,17,19,21-25H,16,18,20H2,1-11H3;8-11,13,15,17-19H,12,14,16H2,1-7H3,(H,34,35). The Hall–Kier alpha value is -6.53. The SMILES string of the molecule is CC(C)N(C(=O)Cc1c2c(c(O[Si](C(C)C)(C(C)C)C(C)C)c3ncc(Cc4ccc(F)cc4)cc13)C(=O)N(C)C2)C(C)C.CC(C)[Si](Oc1c2c(c(CC(=O)O)c3cc(Cc4ccc(F)cc4)cnc13)CN(C)C2=O)(C(C)C)C(C)C. The molecule has 0 bridgehead atoms. The van der Waals surface area contributed by atoms with Crippen molar-refractivity contribution in [2.24, 2.45) is 0 Å². The van der Waals surface area contributed by atoms with Gasteiger partial charge in [0.1, 0.15) is 34.2 Å². The molecule has 0 aliphatic carbocycles. The molecule has 0 spiro atoms. The van der Waals surface area contributed by atoms with E-state index in [-0.39, 0.29) is 70.9 Å². The molecule has 0 saturated heterocycles. The molecule has 0 unspecified atom stereocenters. The van der Waals surface area contributed by atoms with Crippen molar-refractivity contribution in [1.82, 2.24) is 24.7 Å². The summed E-state index contributed by atoms with van der Waals surface area (Å²) in [6.07, 6.45) is 4.61. The topological polar surface area (TPSA) is 142 Å².